The van der Waals surface area contributed by atoms with Crippen molar-refractivity contribution in [3.8, 4) is 0 Å². The molecule has 0 unspecified atom stereocenters. The molecule has 1 aliphatic rings. The molecule has 60 valence electrons. The fourth-order valence-corrected chi connectivity index (χ4v) is 2.71. The average molecular weight is 233 g/mol. The van der Waals surface area contributed by atoms with Crippen molar-refractivity contribution in [2.45, 2.75) is 24.9 Å². The highest BCUT2D eigenvalue weighted by molar-refractivity contribution is 9.11. The van der Waals surface area contributed by atoms with Crippen molar-refractivity contribution < 1.29 is 5.11 Å². The second-order valence-corrected chi connectivity index (χ2v) is 5.65. The summed E-state index contributed by atoms with van der Waals surface area (Å²) in [4.78, 5) is 1.27. The fraction of sp³-hybridized carbons (Fsp3) is 0.500. The Hall–Kier alpha value is 0.140. The lowest BCUT2D eigenvalue weighted by atomic mass is 10.2. The molecule has 3 heteroatoms. The van der Waals surface area contributed by atoms with Gasteiger partial charge < -0.3 is 5.11 Å². The van der Waals surface area contributed by atoms with Crippen LogP contribution in [-0.2, 0) is 6.42 Å². The van der Waals surface area contributed by atoms with Gasteiger partial charge in [0, 0.05) is 11.3 Å². The second kappa shape index (κ2) is 2.57. The molecular weight excluding hydrogens is 224 g/mol. The van der Waals surface area contributed by atoms with E-state index in [0.717, 1.165) is 23.0 Å². The number of aliphatic hydroxyl groups is 1. The minimum absolute atomic E-state index is 0.343. The lowest BCUT2D eigenvalue weighted by molar-refractivity contribution is 0.152. The van der Waals surface area contributed by atoms with Crippen molar-refractivity contribution in [2.75, 3.05) is 0 Å². The number of hydrogen-bond acceptors (Lipinski definition) is 2. The van der Waals surface area contributed by atoms with Gasteiger partial charge in [-0.2, -0.15) is 0 Å². The van der Waals surface area contributed by atoms with Crippen molar-refractivity contribution in [2.24, 2.45) is 0 Å². The van der Waals surface area contributed by atoms with Crippen LogP contribution in [0.1, 0.15) is 17.7 Å². The SMILES string of the molecule is OC1(Cc2ccc(Br)s2)CC1. The van der Waals surface area contributed by atoms with E-state index in [1.165, 1.54) is 4.88 Å². The van der Waals surface area contributed by atoms with Crippen LogP contribution in [0.5, 0.6) is 0 Å². The van der Waals surface area contributed by atoms with Crippen LogP contribution in [0.15, 0.2) is 15.9 Å². The Morgan fingerprint density at radius 2 is 2.27 bits per heavy atom. The third kappa shape index (κ3) is 1.83. The van der Waals surface area contributed by atoms with Gasteiger partial charge in [0.25, 0.3) is 0 Å². The molecule has 1 N–H and O–H groups in total. The maximum Gasteiger partial charge on any atom is 0.0701 e. The third-order valence-electron chi connectivity index (χ3n) is 1.96. The molecule has 0 aliphatic heterocycles. The van der Waals surface area contributed by atoms with Gasteiger partial charge in [0.2, 0.25) is 0 Å². The minimum Gasteiger partial charge on any atom is -0.390 e. The Balaban J connectivity index is 2.06. The maximum atomic E-state index is 9.58. The van der Waals surface area contributed by atoms with Crippen molar-refractivity contribution >= 4 is 27.3 Å². The lowest BCUT2D eigenvalue weighted by Gasteiger charge is -2.02. The van der Waals surface area contributed by atoms with Crippen LogP contribution < -0.4 is 0 Å². The number of halogens is 1. The van der Waals surface area contributed by atoms with Crippen molar-refractivity contribution in [3.05, 3.63) is 20.8 Å². The van der Waals surface area contributed by atoms with Crippen LogP contribution in [0.25, 0.3) is 0 Å². The zero-order valence-corrected chi connectivity index (χ0v) is 8.41. The van der Waals surface area contributed by atoms with Gasteiger partial charge in [-0.1, -0.05) is 0 Å². The van der Waals surface area contributed by atoms with Crippen LogP contribution in [0.4, 0.5) is 0 Å². The summed E-state index contributed by atoms with van der Waals surface area (Å²) in [6, 6.07) is 4.11. The van der Waals surface area contributed by atoms with E-state index in [1.807, 2.05) is 6.07 Å². The molecule has 0 amide bonds. The lowest BCUT2D eigenvalue weighted by Crippen LogP contribution is -2.08. The van der Waals surface area contributed by atoms with Crippen LogP contribution in [-0.4, -0.2) is 10.7 Å². The van der Waals surface area contributed by atoms with Crippen molar-refractivity contribution in [1.82, 2.24) is 0 Å². The average Bonchev–Trinajstić information content (AvgIpc) is 2.49. The molecule has 0 spiro atoms. The molecule has 0 atom stereocenters. The van der Waals surface area contributed by atoms with E-state index >= 15 is 0 Å². The standard InChI is InChI=1S/C8H9BrOS/c9-7-2-1-6(11-7)5-8(10)3-4-8/h1-2,10H,3-5H2. The van der Waals surface area contributed by atoms with Gasteiger partial charge in [0.05, 0.1) is 9.39 Å². The normalized spacial score (nSPS) is 20.2. The summed E-state index contributed by atoms with van der Waals surface area (Å²) in [6.07, 6.45) is 2.79. The molecule has 1 fully saturated rings. The van der Waals surface area contributed by atoms with E-state index in [2.05, 4.69) is 22.0 Å². The van der Waals surface area contributed by atoms with Gasteiger partial charge >= 0.3 is 0 Å². The number of rotatable bonds is 2. The summed E-state index contributed by atoms with van der Waals surface area (Å²) >= 11 is 5.11. The Kier molecular flexibility index (Phi) is 1.82. The van der Waals surface area contributed by atoms with Crippen molar-refractivity contribution in [3.63, 3.8) is 0 Å². The van der Waals surface area contributed by atoms with Gasteiger partial charge in [-0.15, -0.1) is 11.3 Å². The zero-order valence-electron chi connectivity index (χ0n) is 6.01. The Morgan fingerprint density at radius 3 is 2.73 bits per heavy atom. The molecule has 0 saturated heterocycles. The molecule has 1 heterocycles. The summed E-state index contributed by atoms with van der Waals surface area (Å²) in [5, 5.41) is 9.58. The highest BCUT2D eigenvalue weighted by Crippen LogP contribution is 2.40. The van der Waals surface area contributed by atoms with Crippen molar-refractivity contribution in [1.29, 1.82) is 0 Å². The molecule has 1 saturated carbocycles. The summed E-state index contributed by atoms with van der Waals surface area (Å²) < 4.78 is 1.15. The summed E-state index contributed by atoms with van der Waals surface area (Å²) in [7, 11) is 0. The summed E-state index contributed by atoms with van der Waals surface area (Å²) in [5.41, 5.74) is -0.343. The molecule has 0 bridgehead atoms. The summed E-state index contributed by atoms with van der Waals surface area (Å²) in [5.74, 6) is 0. The Labute approximate surface area is 78.2 Å². The van der Waals surface area contributed by atoms with Gasteiger partial charge in [0.15, 0.2) is 0 Å². The largest absolute Gasteiger partial charge is 0.390 e. The predicted octanol–water partition coefficient (Wildman–Crippen LogP) is 2.58. The van der Waals surface area contributed by atoms with E-state index in [9.17, 15) is 5.11 Å². The first-order chi connectivity index (χ1) is 5.18. The number of hydrogen-bond donors (Lipinski definition) is 1. The van der Waals surface area contributed by atoms with E-state index in [-0.39, 0.29) is 5.60 Å². The Morgan fingerprint density at radius 1 is 1.55 bits per heavy atom. The van der Waals surface area contributed by atoms with Crippen LogP contribution in [0.3, 0.4) is 0 Å². The predicted molar refractivity (Wildman–Crippen MR) is 49.9 cm³/mol. The highest BCUT2D eigenvalue weighted by Gasteiger charge is 2.40. The van der Waals surface area contributed by atoms with E-state index in [4.69, 9.17) is 0 Å². The maximum absolute atomic E-state index is 9.58. The minimum atomic E-state index is -0.343. The summed E-state index contributed by atoms with van der Waals surface area (Å²) in [6.45, 7) is 0. The molecule has 11 heavy (non-hydrogen) atoms. The molecule has 2 rings (SSSR count). The van der Waals surface area contributed by atoms with E-state index in [1.54, 1.807) is 11.3 Å². The highest BCUT2D eigenvalue weighted by atomic mass is 79.9. The number of thiophene rings is 1. The van der Waals surface area contributed by atoms with Crippen LogP contribution in [0.2, 0.25) is 0 Å². The van der Waals surface area contributed by atoms with E-state index < -0.39 is 0 Å². The van der Waals surface area contributed by atoms with Gasteiger partial charge in [-0.05, 0) is 40.9 Å². The van der Waals surface area contributed by atoms with E-state index in [0.29, 0.717) is 0 Å². The van der Waals surface area contributed by atoms with Crippen LogP contribution >= 0.6 is 27.3 Å². The molecule has 1 aliphatic carbocycles. The monoisotopic (exact) mass is 232 g/mol. The molecular formula is C8H9BrOS. The molecule has 1 nitrogen and oxygen atoms in total. The topological polar surface area (TPSA) is 20.2 Å². The zero-order chi connectivity index (χ0) is 7.90. The molecule has 0 aromatic carbocycles. The van der Waals surface area contributed by atoms with Gasteiger partial charge in [-0.3, -0.25) is 0 Å². The Bertz CT molecular complexity index is 265. The fourth-order valence-electron chi connectivity index (χ4n) is 1.09. The van der Waals surface area contributed by atoms with Crippen LogP contribution in [0, 0.1) is 0 Å². The third-order valence-corrected chi connectivity index (χ3v) is 3.58. The smallest absolute Gasteiger partial charge is 0.0701 e. The molecule has 1 aromatic heterocycles. The molecule has 0 radical (unpaired) electrons. The molecule has 1 aromatic rings. The first-order valence-corrected chi connectivity index (χ1v) is 5.26. The quantitative estimate of drug-likeness (QED) is 0.832. The first-order valence-electron chi connectivity index (χ1n) is 3.65. The van der Waals surface area contributed by atoms with Gasteiger partial charge in [-0.25, -0.2) is 0 Å². The first kappa shape index (κ1) is 7.77. The van der Waals surface area contributed by atoms with Gasteiger partial charge in [0.1, 0.15) is 0 Å². The second-order valence-electron chi connectivity index (χ2n) is 3.11.